The molecule has 0 fully saturated rings. The van der Waals surface area contributed by atoms with Gasteiger partial charge in [-0.25, -0.2) is 4.79 Å². The van der Waals surface area contributed by atoms with Gasteiger partial charge in [-0.05, 0) is 6.92 Å². The van der Waals surface area contributed by atoms with Crippen LogP contribution in [0, 0.1) is 5.92 Å². The van der Waals surface area contributed by atoms with E-state index in [1.165, 1.54) is 6.92 Å². The maximum absolute atomic E-state index is 11.3. The molecule has 0 rings (SSSR count). The lowest BCUT2D eigenvalue weighted by molar-refractivity contribution is -0.147. The Morgan fingerprint density at radius 3 is 2.26 bits per heavy atom. The SMILES string of the molecule is CC(=O)OCC(C)OC(=O)NCCOC(=O)C(C)C. The van der Waals surface area contributed by atoms with Crippen LogP contribution in [0.5, 0.6) is 0 Å². The summed E-state index contributed by atoms with van der Waals surface area (Å²) in [5, 5.41) is 2.42. The van der Waals surface area contributed by atoms with Crippen molar-refractivity contribution in [1.29, 1.82) is 0 Å². The van der Waals surface area contributed by atoms with Crippen LogP contribution >= 0.6 is 0 Å². The molecule has 110 valence electrons. The fraction of sp³-hybridized carbons (Fsp3) is 0.750. The Hall–Kier alpha value is -1.79. The highest BCUT2D eigenvalue weighted by Gasteiger charge is 2.11. The van der Waals surface area contributed by atoms with Gasteiger partial charge < -0.3 is 19.5 Å². The summed E-state index contributed by atoms with van der Waals surface area (Å²) in [6, 6.07) is 0. The summed E-state index contributed by atoms with van der Waals surface area (Å²) in [6.07, 6.45) is -1.19. The molecular formula is C12H21NO6. The molecule has 0 aliphatic rings. The Morgan fingerprint density at radius 2 is 1.74 bits per heavy atom. The minimum absolute atomic E-state index is 0.00505. The first-order chi connectivity index (χ1) is 8.82. The third kappa shape index (κ3) is 9.87. The summed E-state index contributed by atoms with van der Waals surface area (Å²) in [5.41, 5.74) is 0. The van der Waals surface area contributed by atoms with Crippen LogP contribution in [0.4, 0.5) is 4.79 Å². The van der Waals surface area contributed by atoms with Crippen LogP contribution in [-0.4, -0.2) is 43.9 Å². The third-order valence-corrected chi connectivity index (χ3v) is 1.92. The fourth-order valence-corrected chi connectivity index (χ4v) is 0.965. The molecule has 1 atom stereocenters. The normalized spacial score (nSPS) is 11.6. The topological polar surface area (TPSA) is 90.9 Å². The number of alkyl carbamates (subject to hydrolysis) is 1. The highest BCUT2D eigenvalue weighted by atomic mass is 16.6. The van der Waals surface area contributed by atoms with Crippen LogP contribution in [0.1, 0.15) is 27.7 Å². The van der Waals surface area contributed by atoms with E-state index in [1.54, 1.807) is 20.8 Å². The predicted octanol–water partition coefficient (Wildman–Crippen LogP) is 0.863. The zero-order valence-electron chi connectivity index (χ0n) is 11.7. The molecular weight excluding hydrogens is 254 g/mol. The molecule has 1 N–H and O–H groups in total. The molecule has 0 heterocycles. The van der Waals surface area contributed by atoms with E-state index in [9.17, 15) is 14.4 Å². The zero-order valence-corrected chi connectivity index (χ0v) is 11.7. The van der Waals surface area contributed by atoms with Crippen molar-refractivity contribution in [2.45, 2.75) is 33.8 Å². The lowest BCUT2D eigenvalue weighted by atomic mass is 10.2. The number of ether oxygens (including phenoxy) is 3. The first kappa shape index (κ1) is 17.2. The highest BCUT2D eigenvalue weighted by molar-refractivity contribution is 5.71. The molecule has 1 amide bonds. The Labute approximate surface area is 112 Å². The number of nitrogens with one attached hydrogen (secondary N) is 1. The summed E-state index contributed by atoms with van der Waals surface area (Å²) in [4.78, 5) is 32.9. The summed E-state index contributed by atoms with van der Waals surface area (Å²) in [5.74, 6) is -0.953. The Bertz CT molecular complexity index is 315. The minimum atomic E-state index is -0.653. The van der Waals surface area contributed by atoms with Gasteiger partial charge in [-0.3, -0.25) is 9.59 Å². The van der Waals surface area contributed by atoms with Crippen LogP contribution in [-0.2, 0) is 23.8 Å². The molecule has 7 heteroatoms. The molecule has 0 aromatic rings. The Morgan fingerprint density at radius 1 is 1.11 bits per heavy atom. The van der Waals surface area contributed by atoms with Crippen molar-refractivity contribution in [1.82, 2.24) is 5.32 Å². The molecule has 0 aliphatic carbocycles. The molecule has 0 radical (unpaired) electrons. The number of hydrogen-bond acceptors (Lipinski definition) is 6. The monoisotopic (exact) mass is 275 g/mol. The largest absolute Gasteiger partial charge is 0.464 e. The van der Waals surface area contributed by atoms with Crippen molar-refractivity contribution in [3.63, 3.8) is 0 Å². The second-order valence-electron chi connectivity index (χ2n) is 4.27. The lowest BCUT2D eigenvalue weighted by Gasteiger charge is -2.13. The maximum atomic E-state index is 11.3. The number of hydrogen-bond donors (Lipinski definition) is 1. The van der Waals surface area contributed by atoms with Crippen LogP contribution in [0.25, 0.3) is 0 Å². The van der Waals surface area contributed by atoms with Gasteiger partial charge >= 0.3 is 18.0 Å². The summed E-state index contributed by atoms with van der Waals surface area (Å²) in [7, 11) is 0. The van der Waals surface area contributed by atoms with E-state index >= 15 is 0 Å². The smallest absolute Gasteiger partial charge is 0.407 e. The van der Waals surface area contributed by atoms with Gasteiger partial charge in [-0.2, -0.15) is 0 Å². The average molecular weight is 275 g/mol. The quantitative estimate of drug-likeness (QED) is 0.421. The molecule has 0 spiro atoms. The first-order valence-electron chi connectivity index (χ1n) is 6.07. The standard InChI is InChI=1S/C12H21NO6/c1-8(2)11(15)17-6-5-13-12(16)19-9(3)7-18-10(4)14/h8-9H,5-7H2,1-4H3,(H,13,16). The van der Waals surface area contributed by atoms with Crippen molar-refractivity contribution in [3.8, 4) is 0 Å². The summed E-state index contributed by atoms with van der Waals surface area (Å²) >= 11 is 0. The fourth-order valence-electron chi connectivity index (χ4n) is 0.965. The van der Waals surface area contributed by atoms with Crippen LogP contribution in [0.2, 0.25) is 0 Å². The van der Waals surface area contributed by atoms with E-state index < -0.39 is 18.2 Å². The van der Waals surface area contributed by atoms with E-state index in [1.807, 2.05) is 0 Å². The third-order valence-electron chi connectivity index (χ3n) is 1.92. The van der Waals surface area contributed by atoms with Crippen LogP contribution < -0.4 is 5.32 Å². The Balaban J connectivity index is 3.64. The number of amides is 1. The molecule has 0 saturated carbocycles. The van der Waals surface area contributed by atoms with Crippen molar-refractivity contribution in [2.24, 2.45) is 5.92 Å². The summed E-state index contributed by atoms with van der Waals surface area (Å²) in [6.45, 7) is 6.58. The van der Waals surface area contributed by atoms with Gasteiger partial charge in [0, 0.05) is 6.92 Å². The van der Waals surface area contributed by atoms with Gasteiger partial charge in [-0.15, -0.1) is 0 Å². The molecule has 0 aromatic heterocycles. The van der Waals surface area contributed by atoms with E-state index in [-0.39, 0.29) is 31.6 Å². The Kier molecular flexibility index (Phi) is 8.32. The van der Waals surface area contributed by atoms with E-state index in [4.69, 9.17) is 9.47 Å². The van der Waals surface area contributed by atoms with E-state index in [0.29, 0.717) is 0 Å². The van der Waals surface area contributed by atoms with Gasteiger partial charge in [-0.1, -0.05) is 13.8 Å². The molecule has 0 aliphatic heterocycles. The van der Waals surface area contributed by atoms with Crippen LogP contribution in [0.15, 0.2) is 0 Å². The van der Waals surface area contributed by atoms with Gasteiger partial charge in [0.15, 0.2) is 0 Å². The van der Waals surface area contributed by atoms with Crippen molar-refractivity contribution in [3.05, 3.63) is 0 Å². The number of esters is 2. The van der Waals surface area contributed by atoms with E-state index in [2.05, 4.69) is 10.1 Å². The van der Waals surface area contributed by atoms with Crippen LogP contribution in [0.3, 0.4) is 0 Å². The van der Waals surface area contributed by atoms with Gasteiger partial charge in [0.2, 0.25) is 0 Å². The van der Waals surface area contributed by atoms with Crippen molar-refractivity contribution >= 4 is 18.0 Å². The predicted molar refractivity (Wildman–Crippen MR) is 66.4 cm³/mol. The van der Waals surface area contributed by atoms with Gasteiger partial charge in [0.05, 0.1) is 12.5 Å². The first-order valence-corrected chi connectivity index (χ1v) is 6.07. The molecule has 7 nitrogen and oxygen atoms in total. The highest BCUT2D eigenvalue weighted by Crippen LogP contribution is 1.95. The van der Waals surface area contributed by atoms with E-state index in [0.717, 1.165) is 0 Å². The number of carbonyl (C=O) groups excluding carboxylic acids is 3. The lowest BCUT2D eigenvalue weighted by Crippen LogP contribution is -2.33. The second-order valence-corrected chi connectivity index (χ2v) is 4.27. The van der Waals surface area contributed by atoms with Crippen molar-refractivity contribution in [2.75, 3.05) is 19.8 Å². The molecule has 0 saturated heterocycles. The van der Waals surface area contributed by atoms with Gasteiger partial charge in [0.25, 0.3) is 0 Å². The zero-order chi connectivity index (χ0) is 14.8. The minimum Gasteiger partial charge on any atom is -0.464 e. The van der Waals surface area contributed by atoms with Crippen molar-refractivity contribution < 1.29 is 28.6 Å². The average Bonchev–Trinajstić information content (AvgIpc) is 2.31. The molecule has 0 aromatic carbocycles. The maximum Gasteiger partial charge on any atom is 0.407 e. The molecule has 1 unspecified atom stereocenters. The summed E-state index contributed by atoms with van der Waals surface area (Å²) < 4.78 is 14.4. The molecule has 19 heavy (non-hydrogen) atoms. The number of rotatable bonds is 7. The molecule has 0 bridgehead atoms. The number of carbonyl (C=O) groups is 3. The van der Waals surface area contributed by atoms with Gasteiger partial charge in [0.1, 0.15) is 19.3 Å². The second kappa shape index (κ2) is 9.18.